The van der Waals surface area contributed by atoms with Crippen molar-refractivity contribution in [3.05, 3.63) is 56.5 Å². The van der Waals surface area contributed by atoms with E-state index in [2.05, 4.69) is 31.9 Å². The quantitative estimate of drug-likeness (QED) is 0.780. The van der Waals surface area contributed by atoms with Crippen LogP contribution in [-0.2, 0) is 0 Å². The lowest BCUT2D eigenvalue weighted by Crippen LogP contribution is -2.01. The molecular formula is C13H6Br2F2O3. The Labute approximate surface area is 129 Å². The van der Waals surface area contributed by atoms with E-state index in [0.29, 0.717) is 4.47 Å². The van der Waals surface area contributed by atoms with E-state index in [-0.39, 0.29) is 21.5 Å². The highest BCUT2D eigenvalue weighted by molar-refractivity contribution is 9.10. The van der Waals surface area contributed by atoms with Crippen LogP contribution in [0.4, 0.5) is 8.78 Å². The Balaban J connectivity index is 2.39. The second-order valence-corrected chi connectivity index (χ2v) is 5.43. The normalized spacial score (nSPS) is 10.4. The van der Waals surface area contributed by atoms with Gasteiger partial charge in [-0.1, -0.05) is 15.9 Å². The number of carboxylic acids is 1. The number of aromatic carboxylic acids is 1. The average Bonchev–Trinajstić information content (AvgIpc) is 2.37. The molecule has 7 heteroatoms. The van der Waals surface area contributed by atoms with Gasteiger partial charge >= 0.3 is 5.97 Å². The molecule has 2 aromatic carbocycles. The summed E-state index contributed by atoms with van der Waals surface area (Å²) in [5.74, 6) is -3.30. The number of ether oxygens (including phenoxy) is 1. The highest BCUT2D eigenvalue weighted by Gasteiger charge is 2.18. The van der Waals surface area contributed by atoms with Crippen LogP contribution in [0.3, 0.4) is 0 Å². The van der Waals surface area contributed by atoms with E-state index in [1.165, 1.54) is 24.3 Å². The molecule has 2 aromatic rings. The van der Waals surface area contributed by atoms with Gasteiger partial charge in [0.2, 0.25) is 0 Å². The summed E-state index contributed by atoms with van der Waals surface area (Å²) in [6, 6.07) is 6.34. The van der Waals surface area contributed by atoms with E-state index in [9.17, 15) is 13.6 Å². The first-order valence-corrected chi connectivity index (χ1v) is 6.83. The third-order valence-corrected chi connectivity index (χ3v) is 3.66. The molecule has 0 aliphatic carbocycles. The number of halogens is 4. The van der Waals surface area contributed by atoms with Crippen molar-refractivity contribution in [2.24, 2.45) is 0 Å². The molecule has 0 atom stereocenters. The monoisotopic (exact) mass is 406 g/mol. The zero-order chi connectivity index (χ0) is 14.9. The molecule has 0 radical (unpaired) electrons. The third-order valence-electron chi connectivity index (χ3n) is 2.39. The highest BCUT2D eigenvalue weighted by Crippen LogP contribution is 2.33. The molecule has 0 amide bonds. The first kappa shape index (κ1) is 14.9. The minimum Gasteiger partial charge on any atom is -0.478 e. The molecule has 1 N–H and O–H groups in total. The van der Waals surface area contributed by atoms with Crippen molar-refractivity contribution in [3.63, 3.8) is 0 Å². The molecule has 0 aliphatic heterocycles. The summed E-state index contributed by atoms with van der Waals surface area (Å²) in [7, 11) is 0. The number of benzene rings is 2. The van der Waals surface area contributed by atoms with Crippen LogP contribution >= 0.6 is 31.9 Å². The van der Waals surface area contributed by atoms with Crippen LogP contribution in [0.5, 0.6) is 11.5 Å². The zero-order valence-corrected chi connectivity index (χ0v) is 12.8. The van der Waals surface area contributed by atoms with Crippen molar-refractivity contribution in [2.75, 3.05) is 0 Å². The van der Waals surface area contributed by atoms with Crippen molar-refractivity contribution in [3.8, 4) is 11.5 Å². The van der Waals surface area contributed by atoms with Gasteiger partial charge in [-0.05, 0) is 46.3 Å². The van der Waals surface area contributed by atoms with Gasteiger partial charge in [0.1, 0.15) is 0 Å². The van der Waals surface area contributed by atoms with E-state index in [1.807, 2.05) is 0 Å². The molecular weight excluding hydrogens is 402 g/mol. The predicted molar refractivity (Wildman–Crippen MR) is 75.2 cm³/mol. The Morgan fingerprint density at radius 1 is 1.10 bits per heavy atom. The molecule has 0 heterocycles. The fourth-order valence-electron chi connectivity index (χ4n) is 1.45. The number of carbonyl (C=O) groups is 1. The molecule has 0 saturated heterocycles. The number of hydrogen-bond acceptors (Lipinski definition) is 2. The summed E-state index contributed by atoms with van der Waals surface area (Å²) in [6.45, 7) is 0. The van der Waals surface area contributed by atoms with Crippen LogP contribution in [0.25, 0.3) is 0 Å². The Morgan fingerprint density at radius 3 is 2.35 bits per heavy atom. The molecule has 3 nitrogen and oxygen atoms in total. The largest absolute Gasteiger partial charge is 0.478 e. The summed E-state index contributed by atoms with van der Waals surface area (Å²) >= 11 is 5.93. The smallest absolute Gasteiger partial charge is 0.336 e. The number of carboxylic acid groups (broad SMARTS) is 1. The van der Waals surface area contributed by atoms with E-state index in [4.69, 9.17) is 9.84 Å². The second kappa shape index (κ2) is 5.88. The first-order valence-electron chi connectivity index (χ1n) is 5.24. The van der Waals surface area contributed by atoms with E-state index in [1.54, 1.807) is 0 Å². The van der Waals surface area contributed by atoms with Gasteiger partial charge < -0.3 is 9.84 Å². The molecule has 0 bridgehead atoms. The average molecular weight is 408 g/mol. The van der Waals surface area contributed by atoms with E-state index < -0.39 is 17.6 Å². The molecule has 0 unspecified atom stereocenters. The van der Waals surface area contributed by atoms with Crippen LogP contribution in [0.1, 0.15) is 10.4 Å². The lowest BCUT2D eigenvalue weighted by atomic mass is 10.2. The van der Waals surface area contributed by atoms with Crippen molar-refractivity contribution >= 4 is 37.8 Å². The molecule has 0 saturated carbocycles. The highest BCUT2D eigenvalue weighted by atomic mass is 79.9. The van der Waals surface area contributed by atoms with Gasteiger partial charge in [0.15, 0.2) is 23.1 Å². The standard InChI is InChI=1S/C13H6Br2F2O3/c14-6-1-3-9(8(16)5-6)20-10-4-2-7(13(18)19)11(15)12(10)17/h1-5H,(H,18,19). The van der Waals surface area contributed by atoms with Gasteiger partial charge in [-0.25, -0.2) is 13.6 Å². The van der Waals surface area contributed by atoms with Crippen LogP contribution in [0.15, 0.2) is 39.3 Å². The predicted octanol–water partition coefficient (Wildman–Crippen LogP) is 4.98. The van der Waals surface area contributed by atoms with E-state index >= 15 is 0 Å². The third kappa shape index (κ3) is 2.99. The van der Waals surface area contributed by atoms with E-state index in [0.717, 1.165) is 6.07 Å². The fraction of sp³-hybridized carbons (Fsp3) is 0. The SMILES string of the molecule is O=C(O)c1ccc(Oc2ccc(Br)cc2F)c(F)c1Br. The van der Waals surface area contributed by atoms with Gasteiger partial charge in [-0.3, -0.25) is 0 Å². The Bertz CT molecular complexity index is 690. The Kier molecular flexibility index (Phi) is 4.39. The van der Waals surface area contributed by atoms with Crippen molar-refractivity contribution in [1.29, 1.82) is 0 Å². The maximum absolute atomic E-state index is 14.0. The summed E-state index contributed by atoms with van der Waals surface area (Å²) in [5.41, 5.74) is -0.244. The van der Waals surface area contributed by atoms with Crippen molar-refractivity contribution in [2.45, 2.75) is 0 Å². The Morgan fingerprint density at radius 2 is 1.75 bits per heavy atom. The van der Waals surface area contributed by atoms with Gasteiger partial charge in [0.05, 0.1) is 10.0 Å². The van der Waals surface area contributed by atoms with Gasteiger partial charge in [0, 0.05) is 4.47 Å². The fourth-order valence-corrected chi connectivity index (χ4v) is 2.28. The topological polar surface area (TPSA) is 46.5 Å². The maximum atomic E-state index is 14.0. The van der Waals surface area contributed by atoms with Crippen LogP contribution in [0, 0.1) is 11.6 Å². The lowest BCUT2D eigenvalue weighted by Gasteiger charge is -2.10. The second-order valence-electron chi connectivity index (χ2n) is 3.72. The minimum atomic E-state index is -1.28. The zero-order valence-electron chi connectivity index (χ0n) is 9.66. The summed E-state index contributed by atoms with van der Waals surface area (Å²) < 4.78 is 32.9. The minimum absolute atomic E-state index is 0.165. The molecule has 0 aromatic heterocycles. The maximum Gasteiger partial charge on any atom is 0.336 e. The van der Waals surface area contributed by atoms with Crippen molar-refractivity contribution < 1.29 is 23.4 Å². The van der Waals surface area contributed by atoms with Crippen LogP contribution in [0.2, 0.25) is 0 Å². The van der Waals surface area contributed by atoms with Crippen LogP contribution < -0.4 is 4.74 Å². The summed E-state index contributed by atoms with van der Waals surface area (Å²) in [5, 5.41) is 8.84. The van der Waals surface area contributed by atoms with Crippen molar-refractivity contribution in [1.82, 2.24) is 0 Å². The molecule has 104 valence electrons. The lowest BCUT2D eigenvalue weighted by molar-refractivity contribution is 0.0695. The first-order chi connectivity index (χ1) is 9.40. The molecule has 20 heavy (non-hydrogen) atoms. The molecule has 0 fully saturated rings. The van der Waals surface area contributed by atoms with Crippen LogP contribution in [-0.4, -0.2) is 11.1 Å². The number of rotatable bonds is 3. The number of hydrogen-bond donors (Lipinski definition) is 1. The summed E-state index contributed by atoms with van der Waals surface area (Å²) in [4.78, 5) is 10.8. The Hall–Kier alpha value is -1.47. The molecule has 0 aliphatic rings. The van der Waals surface area contributed by atoms with Gasteiger partial charge in [-0.2, -0.15) is 0 Å². The van der Waals surface area contributed by atoms with Gasteiger partial charge in [-0.15, -0.1) is 0 Å². The molecule has 2 rings (SSSR count). The molecule has 0 spiro atoms. The van der Waals surface area contributed by atoms with Gasteiger partial charge in [0.25, 0.3) is 0 Å². The summed E-state index contributed by atoms with van der Waals surface area (Å²) in [6.07, 6.45) is 0.